The molecule has 17 heavy (non-hydrogen) atoms. The van der Waals surface area contributed by atoms with Crippen LogP contribution in [0.4, 0.5) is 0 Å². The summed E-state index contributed by atoms with van der Waals surface area (Å²) < 4.78 is 5.41. The molecule has 2 heterocycles. The summed E-state index contributed by atoms with van der Waals surface area (Å²) in [5, 5.41) is 4.78. The van der Waals surface area contributed by atoms with Gasteiger partial charge in [0, 0.05) is 25.0 Å². The number of amidine groups is 1. The molecule has 1 saturated heterocycles. The summed E-state index contributed by atoms with van der Waals surface area (Å²) in [6, 6.07) is 1.07. The van der Waals surface area contributed by atoms with Crippen LogP contribution >= 0.6 is 11.8 Å². The SMILES string of the molecule is CCC1CCSC(NC(C)C2CCOCC2)=N1. The zero-order valence-electron chi connectivity index (χ0n) is 10.9. The highest BCUT2D eigenvalue weighted by Gasteiger charge is 2.22. The Hall–Kier alpha value is -0.220. The van der Waals surface area contributed by atoms with Crippen molar-refractivity contribution in [2.24, 2.45) is 10.9 Å². The molecule has 2 aliphatic rings. The van der Waals surface area contributed by atoms with Crippen molar-refractivity contribution in [3.63, 3.8) is 0 Å². The molecule has 2 aliphatic heterocycles. The molecule has 1 N–H and O–H groups in total. The third kappa shape index (κ3) is 3.88. The van der Waals surface area contributed by atoms with Crippen molar-refractivity contribution < 1.29 is 4.74 Å². The molecule has 2 rings (SSSR count). The van der Waals surface area contributed by atoms with Gasteiger partial charge >= 0.3 is 0 Å². The van der Waals surface area contributed by atoms with E-state index in [1.165, 1.54) is 30.2 Å². The highest BCUT2D eigenvalue weighted by atomic mass is 32.2. The molecule has 0 aromatic heterocycles. The standard InChI is InChI=1S/C13H24N2OS/c1-3-12-6-9-17-13(15-12)14-10(2)11-4-7-16-8-5-11/h10-12H,3-9H2,1-2H3,(H,14,15). The number of ether oxygens (including phenoxy) is 1. The van der Waals surface area contributed by atoms with Crippen molar-refractivity contribution >= 4 is 16.9 Å². The van der Waals surface area contributed by atoms with Gasteiger partial charge < -0.3 is 10.1 Å². The van der Waals surface area contributed by atoms with Crippen LogP contribution in [0.2, 0.25) is 0 Å². The molecule has 0 bridgehead atoms. The molecule has 3 nitrogen and oxygen atoms in total. The van der Waals surface area contributed by atoms with E-state index in [1.54, 1.807) is 0 Å². The smallest absolute Gasteiger partial charge is 0.157 e. The summed E-state index contributed by atoms with van der Waals surface area (Å²) in [6.45, 7) is 6.36. The Bertz CT molecular complexity index is 264. The van der Waals surface area contributed by atoms with Crippen LogP contribution in [0.3, 0.4) is 0 Å². The first-order chi connectivity index (χ1) is 8.29. The highest BCUT2D eigenvalue weighted by Crippen LogP contribution is 2.22. The van der Waals surface area contributed by atoms with Crippen LogP contribution in [-0.4, -0.2) is 36.2 Å². The predicted octanol–water partition coefficient (Wildman–Crippen LogP) is 2.66. The fourth-order valence-electron chi connectivity index (χ4n) is 2.46. The minimum atomic E-state index is 0.528. The number of hydrogen-bond acceptors (Lipinski definition) is 4. The van der Waals surface area contributed by atoms with Crippen molar-refractivity contribution in [3.8, 4) is 0 Å². The average molecular weight is 256 g/mol. The average Bonchev–Trinajstić information content (AvgIpc) is 2.40. The van der Waals surface area contributed by atoms with Gasteiger partial charge in [0.2, 0.25) is 0 Å². The fraction of sp³-hybridized carbons (Fsp3) is 0.923. The van der Waals surface area contributed by atoms with Gasteiger partial charge in [-0.1, -0.05) is 18.7 Å². The Morgan fingerprint density at radius 2 is 2.18 bits per heavy atom. The number of hydrogen-bond donors (Lipinski definition) is 1. The zero-order valence-corrected chi connectivity index (χ0v) is 11.8. The van der Waals surface area contributed by atoms with Crippen LogP contribution in [0.25, 0.3) is 0 Å². The van der Waals surface area contributed by atoms with Gasteiger partial charge in [-0.15, -0.1) is 0 Å². The van der Waals surface area contributed by atoms with Crippen LogP contribution in [0.5, 0.6) is 0 Å². The van der Waals surface area contributed by atoms with Gasteiger partial charge in [0.15, 0.2) is 5.17 Å². The molecule has 0 aromatic rings. The van der Waals surface area contributed by atoms with E-state index in [2.05, 4.69) is 19.2 Å². The molecule has 0 amide bonds. The van der Waals surface area contributed by atoms with E-state index in [0.717, 1.165) is 25.6 Å². The first kappa shape index (κ1) is 13.2. The normalized spacial score (nSPS) is 28.6. The van der Waals surface area contributed by atoms with E-state index in [1.807, 2.05) is 11.8 Å². The Labute approximate surface area is 109 Å². The predicted molar refractivity (Wildman–Crippen MR) is 74.7 cm³/mol. The maximum Gasteiger partial charge on any atom is 0.157 e. The van der Waals surface area contributed by atoms with Gasteiger partial charge in [-0.05, 0) is 38.5 Å². The van der Waals surface area contributed by atoms with E-state index >= 15 is 0 Å². The van der Waals surface area contributed by atoms with Crippen LogP contribution < -0.4 is 5.32 Å². The summed E-state index contributed by atoms with van der Waals surface area (Å²) in [6.07, 6.45) is 4.77. The molecule has 0 saturated carbocycles. The molecule has 0 spiro atoms. The van der Waals surface area contributed by atoms with E-state index in [4.69, 9.17) is 9.73 Å². The summed E-state index contributed by atoms with van der Waals surface area (Å²) in [4.78, 5) is 4.77. The molecular weight excluding hydrogens is 232 g/mol. The zero-order chi connectivity index (χ0) is 12.1. The fourth-order valence-corrected chi connectivity index (χ4v) is 3.54. The van der Waals surface area contributed by atoms with Gasteiger partial charge in [-0.25, -0.2) is 0 Å². The second kappa shape index (κ2) is 6.64. The lowest BCUT2D eigenvalue weighted by atomic mass is 9.93. The Balaban J connectivity index is 1.84. The van der Waals surface area contributed by atoms with Crippen LogP contribution in [0.1, 0.15) is 39.5 Å². The summed E-state index contributed by atoms with van der Waals surface area (Å²) in [5.74, 6) is 1.96. The minimum absolute atomic E-state index is 0.528. The topological polar surface area (TPSA) is 33.6 Å². The van der Waals surface area contributed by atoms with Gasteiger partial charge in [0.1, 0.15) is 0 Å². The summed E-state index contributed by atoms with van der Waals surface area (Å²) >= 11 is 1.88. The van der Waals surface area contributed by atoms with Crippen molar-refractivity contribution in [1.82, 2.24) is 5.32 Å². The lowest BCUT2D eigenvalue weighted by molar-refractivity contribution is 0.0583. The van der Waals surface area contributed by atoms with Crippen molar-refractivity contribution in [2.75, 3.05) is 19.0 Å². The molecule has 4 heteroatoms. The number of aliphatic imine (C=N–C) groups is 1. The van der Waals surface area contributed by atoms with E-state index in [0.29, 0.717) is 12.1 Å². The second-order valence-electron chi connectivity index (χ2n) is 5.02. The minimum Gasteiger partial charge on any atom is -0.381 e. The molecule has 2 atom stereocenters. The molecule has 98 valence electrons. The van der Waals surface area contributed by atoms with Gasteiger partial charge in [0.25, 0.3) is 0 Å². The first-order valence-corrected chi connectivity index (χ1v) is 7.83. The third-order valence-corrected chi connectivity index (χ3v) is 4.72. The Morgan fingerprint density at radius 1 is 1.41 bits per heavy atom. The van der Waals surface area contributed by atoms with Crippen molar-refractivity contribution in [1.29, 1.82) is 0 Å². The Kier molecular flexibility index (Phi) is 5.16. The van der Waals surface area contributed by atoms with E-state index < -0.39 is 0 Å². The maximum absolute atomic E-state index is 5.41. The van der Waals surface area contributed by atoms with E-state index in [-0.39, 0.29) is 0 Å². The monoisotopic (exact) mass is 256 g/mol. The second-order valence-corrected chi connectivity index (χ2v) is 6.10. The van der Waals surface area contributed by atoms with Gasteiger partial charge in [0.05, 0.1) is 6.04 Å². The highest BCUT2D eigenvalue weighted by molar-refractivity contribution is 8.13. The summed E-state index contributed by atoms with van der Waals surface area (Å²) in [7, 11) is 0. The van der Waals surface area contributed by atoms with E-state index in [9.17, 15) is 0 Å². The van der Waals surface area contributed by atoms with Crippen molar-refractivity contribution in [2.45, 2.75) is 51.6 Å². The van der Waals surface area contributed by atoms with Crippen LogP contribution in [-0.2, 0) is 4.74 Å². The Morgan fingerprint density at radius 3 is 2.88 bits per heavy atom. The molecule has 2 unspecified atom stereocenters. The van der Waals surface area contributed by atoms with Gasteiger partial charge in [-0.3, -0.25) is 4.99 Å². The molecule has 0 radical (unpaired) electrons. The molecular formula is C13H24N2OS. The molecule has 0 aliphatic carbocycles. The lowest BCUT2D eigenvalue weighted by Crippen LogP contribution is -2.40. The first-order valence-electron chi connectivity index (χ1n) is 6.84. The van der Waals surface area contributed by atoms with Crippen LogP contribution in [0, 0.1) is 5.92 Å². The van der Waals surface area contributed by atoms with Gasteiger partial charge in [-0.2, -0.15) is 0 Å². The third-order valence-electron chi connectivity index (χ3n) is 3.79. The number of nitrogens with one attached hydrogen (secondary N) is 1. The largest absolute Gasteiger partial charge is 0.381 e. The number of nitrogens with zero attached hydrogens (tertiary/aromatic N) is 1. The number of thioether (sulfide) groups is 1. The number of rotatable bonds is 3. The summed E-state index contributed by atoms with van der Waals surface area (Å²) in [5.41, 5.74) is 0. The molecule has 0 aromatic carbocycles. The maximum atomic E-state index is 5.41. The lowest BCUT2D eigenvalue weighted by Gasteiger charge is -2.30. The van der Waals surface area contributed by atoms with Crippen LogP contribution in [0.15, 0.2) is 4.99 Å². The van der Waals surface area contributed by atoms with Crippen molar-refractivity contribution in [3.05, 3.63) is 0 Å². The molecule has 1 fully saturated rings. The quantitative estimate of drug-likeness (QED) is 0.843.